The summed E-state index contributed by atoms with van der Waals surface area (Å²) in [4.78, 5) is 24.3. The molecule has 0 radical (unpaired) electrons. The zero-order chi connectivity index (χ0) is 19.4. The van der Waals surface area contributed by atoms with Crippen LogP contribution in [0.3, 0.4) is 0 Å². The minimum atomic E-state index is -0.316. The highest BCUT2D eigenvalue weighted by Crippen LogP contribution is 2.21. The van der Waals surface area contributed by atoms with Crippen molar-refractivity contribution in [3.05, 3.63) is 85.0 Å². The largest absolute Gasteiger partial charge is 0.350 e. The van der Waals surface area contributed by atoms with E-state index in [0.717, 1.165) is 10.0 Å². The lowest BCUT2D eigenvalue weighted by atomic mass is 10.1. The van der Waals surface area contributed by atoms with E-state index in [9.17, 15) is 9.59 Å². The molecule has 1 amide bonds. The van der Waals surface area contributed by atoms with E-state index in [1.165, 1.54) is 10.7 Å². The van der Waals surface area contributed by atoms with Gasteiger partial charge < -0.3 is 5.32 Å². The Morgan fingerprint density at radius 3 is 2.56 bits per heavy atom. The highest BCUT2D eigenvalue weighted by Gasteiger charge is 2.11. The monoisotopic (exact) mass is 465 g/mol. The number of benzene rings is 2. The lowest BCUT2D eigenvalue weighted by Crippen LogP contribution is -2.32. The van der Waals surface area contributed by atoms with Gasteiger partial charge in [-0.25, -0.2) is 4.68 Å². The van der Waals surface area contributed by atoms with Gasteiger partial charge >= 0.3 is 0 Å². The lowest BCUT2D eigenvalue weighted by Gasteiger charge is -2.09. The molecule has 0 unspecified atom stereocenters. The minimum Gasteiger partial charge on any atom is -0.350 e. The van der Waals surface area contributed by atoms with Crippen molar-refractivity contribution >= 4 is 45.0 Å². The SMILES string of the molecule is O=C(NCCn1nc(-c2ccc(Cl)cc2)ccc1=O)c1cc(Br)ccc1Cl. The number of carbonyl (C=O) groups is 1. The second-order valence-corrected chi connectivity index (χ2v) is 7.43. The summed E-state index contributed by atoms with van der Waals surface area (Å²) < 4.78 is 2.07. The van der Waals surface area contributed by atoms with Gasteiger partial charge in [-0.05, 0) is 36.4 Å². The summed E-state index contributed by atoms with van der Waals surface area (Å²) in [6, 6.07) is 15.3. The highest BCUT2D eigenvalue weighted by molar-refractivity contribution is 9.10. The van der Waals surface area contributed by atoms with Crippen molar-refractivity contribution in [1.82, 2.24) is 15.1 Å². The van der Waals surface area contributed by atoms with Crippen LogP contribution in [-0.4, -0.2) is 22.2 Å². The molecule has 0 saturated heterocycles. The van der Waals surface area contributed by atoms with Gasteiger partial charge in [-0.3, -0.25) is 9.59 Å². The van der Waals surface area contributed by atoms with Crippen molar-refractivity contribution in [3.63, 3.8) is 0 Å². The Labute approximate surface area is 174 Å². The molecule has 0 fully saturated rings. The molecule has 0 aliphatic heterocycles. The maximum Gasteiger partial charge on any atom is 0.266 e. The third kappa shape index (κ3) is 4.97. The predicted molar refractivity (Wildman–Crippen MR) is 110 cm³/mol. The van der Waals surface area contributed by atoms with E-state index in [0.29, 0.717) is 21.3 Å². The minimum absolute atomic E-state index is 0.234. The van der Waals surface area contributed by atoms with E-state index in [4.69, 9.17) is 23.2 Å². The van der Waals surface area contributed by atoms with Gasteiger partial charge in [-0.1, -0.05) is 51.3 Å². The zero-order valence-corrected chi connectivity index (χ0v) is 17.1. The average Bonchev–Trinajstić information content (AvgIpc) is 2.66. The number of hydrogen-bond donors (Lipinski definition) is 1. The summed E-state index contributed by atoms with van der Waals surface area (Å²) in [6.45, 7) is 0.469. The molecular formula is C19H14BrCl2N3O2. The quantitative estimate of drug-likeness (QED) is 0.605. The van der Waals surface area contributed by atoms with Crippen molar-refractivity contribution in [2.24, 2.45) is 0 Å². The van der Waals surface area contributed by atoms with Crippen LogP contribution < -0.4 is 10.9 Å². The standard InChI is InChI=1S/C19H14BrCl2N3O2/c20-13-3-6-16(22)15(11-13)19(27)23-9-10-25-18(26)8-7-17(24-25)12-1-4-14(21)5-2-12/h1-8,11H,9-10H2,(H,23,27). The number of halogens is 3. The van der Waals surface area contributed by atoms with Crippen LogP contribution in [-0.2, 0) is 6.54 Å². The molecule has 8 heteroatoms. The van der Waals surface area contributed by atoms with E-state index in [-0.39, 0.29) is 24.6 Å². The van der Waals surface area contributed by atoms with Crippen LogP contribution in [0, 0.1) is 0 Å². The summed E-state index contributed by atoms with van der Waals surface area (Å²) in [7, 11) is 0. The van der Waals surface area contributed by atoms with E-state index in [2.05, 4.69) is 26.3 Å². The summed E-state index contributed by atoms with van der Waals surface area (Å²) in [5, 5.41) is 8.08. The second kappa shape index (κ2) is 8.69. The maximum atomic E-state index is 12.3. The fourth-order valence-electron chi connectivity index (χ4n) is 2.43. The second-order valence-electron chi connectivity index (χ2n) is 5.67. The third-order valence-corrected chi connectivity index (χ3v) is 4.86. The third-order valence-electron chi connectivity index (χ3n) is 3.79. The average molecular weight is 467 g/mol. The maximum absolute atomic E-state index is 12.3. The van der Waals surface area contributed by atoms with Gasteiger partial charge in [0.05, 0.1) is 22.8 Å². The van der Waals surface area contributed by atoms with Gasteiger partial charge in [0.15, 0.2) is 0 Å². The van der Waals surface area contributed by atoms with Crippen LogP contribution in [0.15, 0.2) is 63.9 Å². The number of hydrogen-bond acceptors (Lipinski definition) is 3. The van der Waals surface area contributed by atoms with Crippen LogP contribution in [0.4, 0.5) is 0 Å². The Morgan fingerprint density at radius 2 is 1.81 bits per heavy atom. The molecule has 0 spiro atoms. The van der Waals surface area contributed by atoms with E-state index in [1.807, 2.05) is 12.1 Å². The molecule has 0 atom stereocenters. The van der Waals surface area contributed by atoms with Crippen molar-refractivity contribution in [3.8, 4) is 11.3 Å². The molecule has 3 rings (SSSR count). The number of amides is 1. The molecular weight excluding hydrogens is 453 g/mol. The van der Waals surface area contributed by atoms with Gasteiger partial charge in [0.25, 0.3) is 11.5 Å². The first-order chi connectivity index (χ1) is 12.9. The van der Waals surface area contributed by atoms with Crippen molar-refractivity contribution in [1.29, 1.82) is 0 Å². The molecule has 138 valence electrons. The summed E-state index contributed by atoms with van der Waals surface area (Å²) in [5.41, 5.74) is 1.61. The van der Waals surface area contributed by atoms with Gasteiger partial charge in [-0.2, -0.15) is 5.10 Å². The Hall–Kier alpha value is -2.15. The summed E-state index contributed by atoms with van der Waals surface area (Å²) in [6.07, 6.45) is 0. The molecule has 27 heavy (non-hydrogen) atoms. The Balaban J connectivity index is 1.70. The predicted octanol–water partition coefficient (Wildman–Crippen LogP) is 4.41. The van der Waals surface area contributed by atoms with Gasteiger partial charge in [-0.15, -0.1) is 0 Å². The molecule has 5 nitrogen and oxygen atoms in total. The normalized spacial score (nSPS) is 10.6. The van der Waals surface area contributed by atoms with E-state index >= 15 is 0 Å². The first-order valence-electron chi connectivity index (χ1n) is 8.01. The summed E-state index contributed by atoms with van der Waals surface area (Å²) >= 11 is 15.3. The molecule has 1 N–H and O–H groups in total. The van der Waals surface area contributed by atoms with Crippen molar-refractivity contribution in [2.45, 2.75) is 6.54 Å². The molecule has 3 aromatic rings. The smallest absolute Gasteiger partial charge is 0.266 e. The molecule has 1 aromatic heterocycles. The number of nitrogens with one attached hydrogen (secondary N) is 1. The molecule has 0 aliphatic rings. The van der Waals surface area contributed by atoms with Crippen LogP contribution in [0.25, 0.3) is 11.3 Å². The number of carbonyl (C=O) groups excluding carboxylic acids is 1. The van der Waals surface area contributed by atoms with Gasteiger partial charge in [0.2, 0.25) is 0 Å². The number of aromatic nitrogens is 2. The van der Waals surface area contributed by atoms with E-state index in [1.54, 1.807) is 36.4 Å². The molecule has 0 bridgehead atoms. The first kappa shape index (κ1) is 19.6. The fourth-order valence-corrected chi connectivity index (χ4v) is 3.12. The lowest BCUT2D eigenvalue weighted by molar-refractivity contribution is 0.0952. The van der Waals surface area contributed by atoms with Gasteiger partial charge in [0, 0.05) is 27.7 Å². The zero-order valence-electron chi connectivity index (χ0n) is 14.0. The van der Waals surface area contributed by atoms with Crippen LogP contribution in [0.2, 0.25) is 10.0 Å². The summed E-state index contributed by atoms with van der Waals surface area (Å²) in [5.74, 6) is -0.316. The Morgan fingerprint density at radius 1 is 1.07 bits per heavy atom. The molecule has 0 aliphatic carbocycles. The van der Waals surface area contributed by atoms with Crippen LogP contribution in [0.1, 0.15) is 10.4 Å². The van der Waals surface area contributed by atoms with Gasteiger partial charge in [0.1, 0.15) is 0 Å². The highest BCUT2D eigenvalue weighted by atomic mass is 79.9. The molecule has 1 heterocycles. The Kier molecular flexibility index (Phi) is 6.31. The topological polar surface area (TPSA) is 64.0 Å². The van der Waals surface area contributed by atoms with Crippen LogP contribution in [0.5, 0.6) is 0 Å². The van der Waals surface area contributed by atoms with Crippen LogP contribution >= 0.6 is 39.1 Å². The van der Waals surface area contributed by atoms with Crippen molar-refractivity contribution < 1.29 is 4.79 Å². The number of rotatable bonds is 5. The first-order valence-corrected chi connectivity index (χ1v) is 9.56. The fraction of sp³-hybridized carbons (Fsp3) is 0.105. The molecule has 0 saturated carbocycles. The Bertz CT molecular complexity index is 1040. The van der Waals surface area contributed by atoms with E-state index < -0.39 is 0 Å². The number of nitrogens with zero attached hydrogens (tertiary/aromatic N) is 2. The van der Waals surface area contributed by atoms with Crippen molar-refractivity contribution in [2.75, 3.05) is 6.54 Å². The molecule has 2 aromatic carbocycles.